The molecular weight excluding hydrogens is 556 g/mol. The number of hydrogen-bond donors (Lipinski definition) is 1. The van der Waals surface area contributed by atoms with Crippen LogP contribution in [0.4, 0.5) is 11.4 Å². The van der Waals surface area contributed by atoms with Crippen LogP contribution in [0.2, 0.25) is 0 Å². The Hall–Kier alpha value is -3.92. The van der Waals surface area contributed by atoms with Gasteiger partial charge < -0.3 is 5.73 Å². The Morgan fingerprint density at radius 1 is 0.744 bits per heavy atom. The van der Waals surface area contributed by atoms with Crippen molar-refractivity contribution >= 4 is 42.9 Å². The molecule has 0 aliphatic heterocycles. The van der Waals surface area contributed by atoms with Crippen LogP contribution in [0.1, 0.15) is 41.5 Å². The zero-order valence-corrected chi connectivity index (χ0v) is 23.3. The van der Waals surface area contributed by atoms with Gasteiger partial charge in [0.25, 0.3) is 0 Å². The van der Waals surface area contributed by atoms with Gasteiger partial charge in [-0.05, 0) is 80.6 Å². The molecule has 2 aromatic rings. The van der Waals surface area contributed by atoms with E-state index >= 15 is 0 Å². The fourth-order valence-electron chi connectivity index (χ4n) is 4.46. The van der Waals surface area contributed by atoms with Gasteiger partial charge in [-0.2, -0.15) is 0 Å². The third-order valence-corrected chi connectivity index (χ3v) is 9.28. The summed E-state index contributed by atoms with van der Waals surface area (Å²) >= 11 is 0. The van der Waals surface area contributed by atoms with Crippen molar-refractivity contribution in [2.45, 2.75) is 56.7 Å². The number of carbonyl (C=O) groups is 2. The molecule has 0 fully saturated rings. The number of aryl methyl sites for hydroxylation is 4. The van der Waals surface area contributed by atoms with Gasteiger partial charge in [0.05, 0.1) is 9.79 Å². The molecule has 0 saturated carbocycles. The topological polar surface area (TPSA) is 218 Å². The monoisotopic (exact) mass is 584 g/mol. The molecule has 2 aromatic carbocycles. The third-order valence-electron chi connectivity index (χ3n) is 5.64. The summed E-state index contributed by atoms with van der Waals surface area (Å²) in [5, 5.41) is 21.8. The fourth-order valence-corrected chi connectivity index (χ4v) is 7.47. The predicted molar refractivity (Wildman–Crippen MR) is 140 cm³/mol. The number of amides is 2. The summed E-state index contributed by atoms with van der Waals surface area (Å²) in [4.78, 5) is 45.1. The molecular formula is C23H28N4O10S2. The molecule has 2 rings (SSSR count). The average Bonchev–Trinajstić information content (AvgIpc) is 2.70. The van der Waals surface area contributed by atoms with E-state index in [2.05, 4.69) is 0 Å². The smallest absolute Gasteiger partial charge is 0.305 e. The van der Waals surface area contributed by atoms with E-state index in [1.807, 2.05) is 0 Å². The summed E-state index contributed by atoms with van der Waals surface area (Å²) in [5.74, 6) is -3.78. The molecule has 14 nitrogen and oxygen atoms in total. The molecule has 0 aromatic heterocycles. The molecule has 2 amide bonds. The van der Waals surface area contributed by atoms with E-state index in [1.54, 1.807) is 0 Å². The van der Waals surface area contributed by atoms with Crippen LogP contribution in [-0.2, 0) is 29.3 Å². The highest BCUT2D eigenvalue weighted by Gasteiger charge is 2.30. The minimum atomic E-state index is -4.29. The van der Waals surface area contributed by atoms with Gasteiger partial charge in [0.15, 0.2) is 0 Å². The molecule has 0 atom stereocenters. The number of rotatable bonds is 12. The number of benzene rings is 2. The lowest BCUT2D eigenvalue weighted by molar-refractivity contribution is -0.458. The number of nitro groups is 2. The number of carbonyl (C=O) groups excluding carboxylic acids is 2. The van der Waals surface area contributed by atoms with E-state index in [0.29, 0.717) is 0 Å². The highest BCUT2D eigenvalue weighted by molar-refractivity contribution is 7.91. The van der Waals surface area contributed by atoms with Crippen LogP contribution >= 0.6 is 0 Å². The molecule has 212 valence electrons. The highest BCUT2D eigenvalue weighted by atomic mass is 32.2. The van der Waals surface area contributed by atoms with Gasteiger partial charge in [0, 0.05) is 34.1 Å². The van der Waals surface area contributed by atoms with Crippen LogP contribution < -0.4 is 10.6 Å². The highest BCUT2D eigenvalue weighted by Crippen LogP contribution is 2.35. The van der Waals surface area contributed by atoms with E-state index in [-0.39, 0.29) is 62.7 Å². The van der Waals surface area contributed by atoms with Crippen molar-refractivity contribution in [2.24, 2.45) is 5.73 Å². The molecule has 2 N–H and O–H groups in total. The van der Waals surface area contributed by atoms with E-state index in [9.17, 15) is 46.7 Å². The van der Waals surface area contributed by atoms with Gasteiger partial charge in [0.1, 0.15) is 0 Å². The molecule has 0 heterocycles. The van der Waals surface area contributed by atoms with Gasteiger partial charge in [-0.25, -0.2) is 16.8 Å². The fraction of sp³-hybridized carbons (Fsp3) is 0.391. The molecule has 0 unspecified atom stereocenters. The van der Waals surface area contributed by atoms with Gasteiger partial charge in [-0.15, -0.1) is 0 Å². The summed E-state index contributed by atoms with van der Waals surface area (Å²) in [6.45, 7) is 5.68. The van der Waals surface area contributed by atoms with E-state index in [4.69, 9.17) is 5.73 Å². The van der Waals surface area contributed by atoms with E-state index < -0.39 is 53.1 Å². The van der Waals surface area contributed by atoms with Gasteiger partial charge >= 0.3 is 11.8 Å². The van der Waals surface area contributed by atoms with Crippen molar-refractivity contribution in [3.8, 4) is 0 Å². The van der Waals surface area contributed by atoms with Crippen molar-refractivity contribution in [3.63, 3.8) is 0 Å². The van der Waals surface area contributed by atoms with Gasteiger partial charge in [-0.1, -0.05) is 0 Å². The van der Waals surface area contributed by atoms with Crippen molar-refractivity contribution in [1.29, 1.82) is 0 Å². The quantitative estimate of drug-likeness (QED) is 0.283. The summed E-state index contributed by atoms with van der Waals surface area (Å²) in [6, 6.07) is 5.42. The summed E-state index contributed by atoms with van der Waals surface area (Å²) in [6.07, 6.45) is -0.126. The van der Waals surface area contributed by atoms with Crippen LogP contribution in [0.15, 0.2) is 34.1 Å². The zero-order chi connectivity index (χ0) is 29.9. The van der Waals surface area contributed by atoms with Gasteiger partial charge in [-0.3, -0.25) is 34.7 Å². The molecule has 0 aliphatic carbocycles. The minimum absolute atomic E-state index is 0.0775. The maximum atomic E-state index is 13.4. The van der Waals surface area contributed by atoms with Crippen molar-refractivity contribution in [1.82, 2.24) is 0 Å². The first-order chi connectivity index (χ1) is 17.9. The van der Waals surface area contributed by atoms with E-state index in [1.165, 1.54) is 56.9 Å². The third kappa shape index (κ3) is 7.57. The first-order valence-electron chi connectivity index (χ1n) is 11.4. The number of nitrogens with zero attached hydrogens (tertiary/aromatic N) is 3. The molecule has 0 aliphatic rings. The number of hydrogen-bond acceptors (Lipinski definition) is 10. The summed E-state index contributed by atoms with van der Waals surface area (Å²) in [5.41, 5.74) is 6.10. The van der Waals surface area contributed by atoms with Crippen LogP contribution in [0.5, 0.6) is 0 Å². The summed E-state index contributed by atoms with van der Waals surface area (Å²) < 4.78 is 50.4. The second-order valence-corrected chi connectivity index (χ2v) is 12.8. The molecule has 0 spiro atoms. The predicted octanol–water partition coefficient (Wildman–Crippen LogP) is 2.26. The number of sulfone groups is 2. The SMILES string of the molecule is Cc1cc(N(C(=O)CCCC(N)=O)c2cc(C)c(S(=O)(=O)C[N+](=O)[O-])c(C)c2)cc(C)c1S(=O)(=O)C[N+](=O)[O-]. The molecule has 16 heteroatoms. The number of primary amides is 1. The van der Waals surface area contributed by atoms with Crippen molar-refractivity contribution in [2.75, 3.05) is 16.7 Å². The van der Waals surface area contributed by atoms with Gasteiger partial charge in [0.2, 0.25) is 31.5 Å². The number of anilines is 2. The molecule has 0 saturated heterocycles. The van der Waals surface area contributed by atoms with Crippen LogP contribution in [-0.4, -0.2) is 50.3 Å². The second-order valence-electron chi connectivity index (χ2n) is 9.02. The Labute approximate surface area is 224 Å². The standard InChI is InChI=1S/C23H28N4O10S2/c1-14-8-18(9-15(2)22(14)38(34,35)12-25(30)31)27(21(29)7-5-6-20(24)28)19-10-16(3)23(17(4)11-19)39(36,37)13-26(32)33/h8-11H,5-7,12-13H2,1-4H3,(H2,24,28). The first-order valence-corrected chi connectivity index (χ1v) is 14.7. The average molecular weight is 585 g/mol. The van der Waals surface area contributed by atoms with Crippen LogP contribution in [0, 0.1) is 47.9 Å². The Morgan fingerprint density at radius 3 is 1.36 bits per heavy atom. The first kappa shape index (κ1) is 31.3. The maximum absolute atomic E-state index is 13.4. The van der Waals surface area contributed by atoms with Crippen molar-refractivity contribution in [3.05, 3.63) is 66.7 Å². The Balaban J connectivity index is 2.74. The Kier molecular flexibility index (Phi) is 9.52. The van der Waals surface area contributed by atoms with Crippen LogP contribution in [0.3, 0.4) is 0 Å². The lowest BCUT2D eigenvalue weighted by Gasteiger charge is -2.26. The number of nitrogens with two attached hydrogens (primary N) is 1. The van der Waals surface area contributed by atoms with Crippen molar-refractivity contribution < 1.29 is 36.3 Å². The molecule has 39 heavy (non-hydrogen) atoms. The normalized spacial score (nSPS) is 11.7. The minimum Gasteiger partial charge on any atom is -0.370 e. The zero-order valence-electron chi connectivity index (χ0n) is 21.7. The van der Waals surface area contributed by atoms with Crippen LogP contribution in [0.25, 0.3) is 0 Å². The molecule has 0 bridgehead atoms. The molecule has 0 radical (unpaired) electrons. The lowest BCUT2D eigenvalue weighted by atomic mass is 10.1. The Bertz CT molecular complexity index is 1420. The lowest BCUT2D eigenvalue weighted by Crippen LogP contribution is -2.27. The second kappa shape index (κ2) is 11.9. The van der Waals surface area contributed by atoms with E-state index in [0.717, 1.165) is 0 Å². The Morgan fingerprint density at radius 2 is 1.08 bits per heavy atom. The summed E-state index contributed by atoms with van der Waals surface area (Å²) in [7, 11) is -8.59. The largest absolute Gasteiger partial charge is 0.370 e. The maximum Gasteiger partial charge on any atom is 0.305 e.